The Morgan fingerprint density at radius 3 is 2.09 bits per heavy atom. The molecule has 1 amide bonds. The van der Waals surface area contributed by atoms with Crippen LogP contribution in [-0.2, 0) is 28.5 Å². The molecule has 15 nitrogen and oxygen atoms in total. The van der Waals surface area contributed by atoms with Gasteiger partial charge in [-0.05, 0) is 6.92 Å². The minimum atomic E-state index is -1.75. The lowest BCUT2D eigenvalue weighted by Crippen LogP contribution is -2.69. The summed E-state index contributed by atoms with van der Waals surface area (Å²) in [5, 5.41) is 83.2. The van der Waals surface area contributed by atoms with Crippen LogP contribution in [0.15, 0.2) is 0 Å². The monoisotopic (exact) mass is 513 g/mol. The summed E-state index contributed by atoms with van der Waals surface area (Å²) in [6.07, 6.45) is -18.6. The van der Waals surface area contributed by atoms with Gasteiger partial charge in [0.15, 0.2) is 18.9 Å². The minimum Gasteiger partial charge on any atom is -0.394 e. The Morgan fingerprint density at radius 1 is 0.857 bits per heavy atom. The highest BCUT2D eigenvalue weighted by Crippen LogP contribution is 2.32. The lowest BCUT2D eigenvalue weighted by Gasteiger charge is -2.49. The zero-order chi connectivity index (χ0) is 26.0. The summed E-state index contributed by atoms with van der Waals surface area (Å²) in [5.74, 6) is -0.605. The predicted octanol–water partition coefficient (Wildman–Crippen LogP) is -5.37. The molecule has 3 aliphatic rings. The zero-order valence-electron chi connectivity index (χ0n) is 19.2. The molecule has 3 saturated heterocycles. The molecule has 9 N–H and O–H groups in total. The first-order chi connectivity index (χ1) is 16.5. The molecule has 3 heterocycles. The van der Waals surface area contributed by atoms with E-state index in [4.69, 9.17) is 23.7 Å². The molecule has 35 heavy (non-hydrogen) atoms. The van der Waals surface area contributed by atoms with E-state index in [2.05, 4.69) is 5.32 Å². The second-order valence-corrected chi connectivity index (χ2v) is 8.96. The number of aliphatic hydroxyl groups is 8. The van der Waals surface area contributed by atoms with E-state index in [1.54, 1.807) is 0 Å². The fourth-order valence-electron chi connectivity index (χ4n) is 4.36. The van der Waals surface area contributed by atoms with Crippen molar-refractivity contribution in [3.05, 3.63) is 0 Å². The number of hydrogen-bond donors (Lipinski definition) is 9. The van der Waals surface area contributed by atoms with Gasteiger partial charge in [-0.25, -0.2) is 0 Å². The first-order valence-corrected chi connectivity index (χ1v) is 11.3. The molecule has 3 rings (SSSR count). The van der Waals surface area contributed by atoms with Gasteiger partial charge in [-0.3, -0.25) is 4.79 Å². The van der Waals surface area contributed by atoms with E-state index in [9.17, 15) is 45.6 Å². The van der Waals surface area contributed by atoms with Gasteiger partial charge in [0, 0.05) is 13.3 Å². The molecule has 3 fully saturated rings. The highest BCUT2D eigenvalue weighted by molar-refractivity contribution is 5.73. The number of amides is 1. The summed E-state index contributed by atoms with van der Waals surface area (Å²) < 4.78 is 28.0. The van der Waals surface area contributed by atoms with E-state index < -0.39 is 105 Å². The van der Waals surface area contributed by atoms with Gasteiger partial charge in [-0.1, -0.05) is 0 Å². The number of aliphatic hydroxyl groups excluding tert-OH is 8. The molecule has 0 aliphatic carbocycles. The molecular weight excluding hydrogens is 478 g/mol. The Balaban J connectivity index is 1.91. The highest BCUT2D eigenvalue weighted by atomic mass is 16.7. The van der Waals surface area contributed by atoms with Crippen LogP contribution in [0.25, 0.3) is 0 Å². The molecular formula is C20H35NO14. The molecule has 0 aromatic rings. The second-order valence-electron chi connectivity index (χ2n) is 8.96. The molecule has 0 radical (unpaired) electrons. The summed E-state index contributed by atoms with van der Waals surface area (Å²) in [5.41, 5.74) is 0. The van der Waals surface area contributed by atoms with Crippen molar-refractivity contribution >= 4 is 5.91 Å². The Labute approximate surface area is 200 Å². The smallest absolute Gasteiger partial charge is 0.217 e. The summed E-state index contributed by atoms with van der Waals surface area (Å²) in [4.78, 5) is 11.8. The number of rotatable bonds is 7. The van der Waals surface area contributed by atoms with E-state index in [1.807, 2.05) is 0 Å². The molecule has 15 heteroatoms. The molecule has 0 aromatic heterocycles. The van der Waals surface area contributed by atoms with Gasteiger partial charge in [0.2, 0.25) is 5.91 Å². The number of nitrogens with one attached hydrogen (secondary N) is 1. The molecule has 3 aliphatic heterocycles. The maximum atomic E-state index is 11.8. The lowest BCUT2D eigenvalue weighted by molar-refractivity contribution is -0.364. The van der Waals surface area contributed by atoms with Crippen molar-refractivity contribution in [3.8, 4) is 0 Å². The first kappa shape index (κ1) is 28.5. The first-order valence-electron chi connectivity index (χ1n) is 11.3. The van der Waals surface area contributed by atoms with Crippen molar-refractivity contribution in [1.82, 2.24) is 5.32 Å². The van der Waals surface area contributed by atoms with Crippen LogP contribution >= 0.6 is 0 Å². The fourth-order valence-corrected chi connectivity index (χ4v) is 4.36. The van der Waals surface area contributed by atoms with Crippen LogP contribution < -0.4 is 5.32 Å². The van der Waals surface area contributed by atoms with Gasteiger partial charge in [0.25, 0.3) is 0 Å². The van der Waals surface area contributed by atoms with Crippen molar-refractivity contribution in [2.24, 2.45) is 0 Å². The molecule has 14 atom stereocenters. The van der Waals surface area contributed by atoms with Crippen LogP contribution in [0.2, 0.25) is 0 Å². The van der Waals surface area contributed by atoms with Gasteiger partial charge in [-0.15, -0.1) is 0 Å². The molecule has 0 saturated carbocycles. The van der Waals surface area contributed by atoms with Crippen LogP contribution in [0.4, 0.5) is 0 Å². The van der Waals surface area contributed by atoms with Crippen molar-refractivity contribution in [2.75, 3.05) is 13.2 Å². The Kier molecular flexibility index (Phi) is 9.78. The summed E-state index contributed by atoms with van der Waals surface area (Å²) >= 11 is 0. The molecule has 204 valence electrons. The fraction of sp³-hybridized carbons (Fsp3) is 0.950. The predicted molar refractivity (Wildman–Crippen MR) is 110 cm³/mol. The van der Waals surface area contributed by atoms with Gasteiger partial charge in [0.05, 0.1) is 31.5 Å². The molecule has 0 spiro atoms. The third-order valence-electron chi connectivity index (χ3n) is 6.31. The van der Waals surface area contributed by atoms with Crippen molar-refractivity contribution in [1.29, 1.82) is 0 Å². The average molecular weight is 513 g/mol. The summed E-state index contributed by atoms with van der Waals surface area (Å²) in [7, 11) is 0. The topological polar surface area (TPSA) is 237 Å². The molecule has 0 bridgehead atoms. The van der Waals surface area contributed by atoms with Gasteiger partial charge in [0.1, 0.15) is 48.8 Å². The maximum Gasteiger partial charge on any atom is 0.217 e. The lowest BCUT2D eigenvalue weighted by atomic mass is 9.94. The maximum absolute atomic E-state index is 11.8. The van der Waals surface area contributed by atoms with Gasteiger partial charge >= 0.3 is 0 Å². The number of carbonyl (C=O) groups excluding carboxylic acids is 1. The number of carbonyl (C=O) groups is 1. The van der Waals surface area contributed by atoms with Crippen LogP contribution in [0.5, 0.6) is 0 Å². The second kappa shape index (κ2) is 12.0. The average Bonchev–Trinajstić information content (AvgIpc) is 2.81. The number of ether oxygens (including phenoxy) is 5. The molecule has 0 unspecified atom stereocenters. The van der Waals surface area contributed by atoms with E-state index in [-0.39, 0.29) is 6.42 Å². The van der Waals surface area contributed by atoms with Crippen LogP contribution in [0.3, 0.4) is 0 Å². The van der Waals surface area contributed by atoms with Crippen LogP contribution in [-0.4, -0.2) is 146 Å². The highest BCUT2D eigenvalue weighted by Gasteiger charge is 2.53. The Hall–Kier alpha value is -1.05. The Morgan fingerprint density at radius 2 is 1.49 bits per heavy atom. The van der Waals surface area contributed by atoms with Gasteiger partial charge < -0.3 is 69.9 Å². The third kappa shape index (κ3) is 6.27. The standard InChI is InChI=1S/C20H35NO14/c1-6-12(26)14(28)15(29)20(31-6)35-17-11(21-7(2)24)18(30)33-10(5-23)16(17)34-19-13(27)9(25)3-8(4-22)32-19/h6,8-20,22-23,25-30H,3-5H2,1-2H3,(H,21,24)/t6-,8-,9-,10+,11+,12+,13+,14+,15-,16+,17+,18+,19-,20-/m0/s1. The summed E-state index contributed by atoms with van der Waals surface area (Å²) in [6.45, 7) is 1.37. The van der Waals surface area contributed by atoms with E-state index >= 15 is 0 Å². The van der Waals surface area contributed by atoms with Crippen molar-refractivity contribution in [3.63, 3.8) is 0 Å². The minimum absolute atomic E-state index is 0.0739. The molecule has 0 aromatic carbocycles. The van der Waals surface area contributed by atoms with E-state index in [0.717, 1.165) is 6.92 Å². The SMILES string of the molecule is CC(=O)N[C@@H]1[C@@H](O[C@@H]2O[C@@H](C)[C@@H](O)[C@@H](O)[C@@H]2O)[C@H](O[C@@H]2O[C@H](CO)C[C@H](O)[C@H]2O)[C@@H](CO)O[C@H]1O. The third-order valence-corrected chi connectivity index (χ3v) is 6.31. The van der Waals surface area contributed by atoms with Crippen LogP contribution in [0, 0.1) is 0 Å². The quantitative estimate of drug-likeness (QED) is 0.155. The van der Waals surface area contributed by atoms with Crippen molar-refractivity contribution < 1.29 is 69.3 Å². The van der Waals surface area contributed by atoms with Gasteiger partial charge in [-0.2, -0.15) is 0 Å². The zero-order valence-corrected chi connectivity index (χ0v) is 19.2. The number of hydrogen-bond acceptors (Lipinski definition) is 14. The normalized spacial score (nSPS) is 49.0. The van der Waals surface area contributed by atoms with E-state index in [1.165, 1.54) is 6.92 Å². The van der Waals surface area contributed by atoms with E-state index in [0.29, 0.717) is 0 Å². The van der Waals surface area contributed by atoms with Crippen LogP contribution in [0.1, 0.15) is 20.3 Å². The summed E-state index contributed by atoms with van der Waals surface area (Å²) in [6, 6.07) is -1.35. The largest absolute Gasteiger partial charge is 0.394 e. The van der Waals surface area contributed by atoms with Crippen molar-refractivity contribution in [2.45, 2.75) is 106 Å². The Bertz CT molecular complexity index is 701.